The number of phenolic OH excluding ortho intramolecular Hbond substituents is 1. The third-order valence-electron chi connectivity index (χ3n) is 2.16. The van der Waals surface area contributed by atoms with E-state index in [9.17, 15) is 5.11 Å². The zero-order chi connectivity index (χ0) is 11.3. The third-order valence-corrected chi connectivity index (χ3v) is 2.45. The number of aromatic hydroxyl groups is 1. The van der Waals surface area contributed by atoms with Crippen LogP contribution in [0.25, 0.3) is 0 Å². The van der Waals surface area contributed by atoms with E-state index < -0.39 is 0 Å². The Bertz CT molecular complexity index is 329. The van der Waals surface area contributed by atoms with E-state index in [-0.39, 0.29) is 5.75 Å². The second-order valence-electron chi connectivity index (χ2n) is 3.37. The van der Waals surface area contributed by atoms with Crippen LogP contribution in [0.1, 0.15) is 11.1 Å². The van der Waals surface area contributed by atoms with Crippen LogP contribution in [0.4, 0.5) is 0 Å². The van der Waals surface area contributed by atoms with Crippen LogP contribution >= 0.6 is 11.6 Å². The van der Waals surface area contributed by atoms with Crippen LogP contribution in [0.15, 0.2) is 12.1 Å². The molecule has 0 atom stereocenters. The van der Waals surface area contributed by atoms with Crippen molar-refractivity contribution in [2.75, 3.05) is 20.7 Å². The van der Waals surface area contributed by atoms with E-state index in [0.717, 1.165) is 24.1 Å². The lowest BCUT2D eigenvalue weighted by Crippen LogP contribution is -2.10. The van der Waals surface area contributed by atoms with Gasteiger partial charge in [-0.3, -0.25) is 0 Å². The Morgan fingerprint density at radius 2 is 2.20 bits per heavy atom. The number of likely N-dealkylation sites (N-methyl/N-ethyl adjacent to an activating group) is 1. The molecular weight excluding hydrogens is 214 g/mol. The molecular formula is C11H16ClNO2. The van der Waals surface area contributed by atoms with Gasteiger partial charge in [0.25, 0.3) is 0 Å². The number of rotatable bonds is 5. The fourth-order valence-corrected chi connectivity index (χ4v) is 1.68. The molecule has 0 amide bonds. The molecule has 1 aromatic rings. The minimum absolute atomic E-state index is 0.173. The summed E-state index contributed by atoms with van der Waals surface area (Å²) in [7, 11) is 3.51. The maximum absolute atomic E-state index is 9.72. The van der Waals surface area contributed by atoms with Crippen LogP contribution in [-0.4, -0.2) is 25.8 Å². The maximum Gasteiger partial charge on any atom is 0.137 e. The van der Waals surface area contributed by atoms with Gasteiger partial charge in [-0.05, 0) is 43.3 Å². The molecule has 0 spiro atoms. The topological polar surface area (TPSA) is 41.5 Å². The molecule has 0 aliphatic heterocycles. The molecule has 0 saturated carbocycles. The Kier molecular flexibility index (Phi) is 4.88. The zero-order valence-corrected chi connectivity index (χ0v) is 9.77. The minimum atomic E-state index is 0.173. The second kappa shape index (κ2) is 5.95. The summed E-state index contributed by atoms with van der Waals surface area (Å²) in [6.07, 6.45) is 0.750. The van der Waals surface area contributed by atoms with Crippen molar-refractivity contribution in [3.63, 3.8) is 0 Å². The van der Waals surface area contributed by atoms with Gasteiger partial charge in [-0.25, -0.2) is 0 Å². The quantitative estimate of drug-likeness (QED) is 0.811. The highest BCUT2D eigenvalue weighted by Gasteiger charge is 2.07. The largest absolute Gasteiger partial charge is 0.506 e. The summed E-state index contributed by atoms with van der Waals surface area (Å²) in [5.74, 6) is 0.173. The molecule has 3 nitrogen and oxygen atoms in total. The number of hydrogen-bond donors (Lipinski definition) is 2. The first-order chi connectivity index (χ1) is 7.19. The van der Waals surface area contributed by atoms with Crippen molar-refractivity contribution in [1.82, 2.24) is 5.32 Å². The summed E-state index contributed by atoms with van der Waals surface area (Å²) >= 11 is 5.91. The van der Waals surface area contributed by atoms with Crippen LogP contribution in [-0.2, 0) is 17.8 Å². The Labute approximate surface area is 95.0 Å². The molecule has 84 valence electrons. The average molecular weight is 230 g/mol. The van der Waals surface area contributed by atoms with E-state index in [1.165, 1.54) is 0 Å². The van der Waals surface area contributed by atoms with Gasteiger partial charge in [0, 0.05) is 7.11 Å². The van der Waals surface area contributed by atoms with Gasteiger partial charge in [0.05, 0.1) is 11.6 Å². The Morgan fingerprint density at radius 1 is 1.47 bits per heavy atom. The van der Waals surface area contributed by atoms with Gasteiger partial charge in [0.15, 0.2) is 0 Å². The molecule has 0 heterocycles. The monoisotopic (exact) mass is 229 g/mol. The Morgan fingerprint density at radius 3 is 2.80 bits per heavy atom. The molecule has 4 heteroatoms. The van der Waals surface area contributed by atoms with Crippen LogP contribution < -0.4 is 5.32 Å². The van der Waals surface area contributed by atoms with Crippen molar-refractivity contribution in [3.05, 3.63) is 28.3 Å². The molecule has 1 rings (SSSR count). The summed E-state index contributed by atoms with van der Waals surface area (Å²) in [5, 5.41) is 13.1. The Hall–Kier alpha value is -0.770. The predicted molar refractivity (Wildman–Crippen MR) is 61.5 cm³/mol. The molecule has 0 aliphatic rings. The number of methoxy groups -OCH3 is 1. The molecule has 0 unspecified atom stereocenters. The van der Waals surface area contributed by atoms with E-state index in [0.29, 0.717) is 11.6 Å². The molecule has 0 saturated heterocycles. The maximum atomic E-state index is 9.72. The lowest BCUT2D eigenvalue weighted by atomic mass is 10.1. The molecule has 0 radical (unpaired) electrons. The van der Waals surface area contributed by atoms with Gasteiger partial charge in [-0.15, -0.1) is 0 Å². The zero-order valence-electron chi connectivity index (χ0n) is 9.01. The van der Waals surface area contributed by atoms with Crippen molar-refractivity contribution in [2.45, 2.75) is 13.0 Å². The lowest BCUT2D eigenvalue weighted by Gasteiger charge is -2.09. The summed E-state index contributed by atoms with van der Waals surface area (Å²) in [5.41, 5.74) is 1.83. The first kappa shape index (κ1) is 12.3. The summed E-state index contributed by atoms with van der Waals surface area (Å²) in [4.78, 5) is 0. The van der Waals surface area contributed by atoms with E-state index in [1.807, 2.05) is 13.1 Å². The number of nitrogens with one attached hydrogen (secondary N) is 1. The molecule has 0 fully saturated rings. The average Bonchev–Trinajstić information content (AvgIpc) is 2.21. The van der Waals surface area contributed by atoms with E-state index in [1.54, 1.807) is 13.2 Å². The lowest BCUT2D eigenvalue weighted by molar-refractivity contribution is 0.185. The number of benzene rings is 1. The fourth-order valence-electron chi connectivity index (χ4n) is 1.42. The standard InChI is InChI=1S/C11H16ClNO2/c1-13-4-3-9-5-8(7-15-2)6-10(12)11(9)14/h5-6,13-14H,3-4,7H2,1-2H3. The van der Waals surface area contributed by atoms with Gasteiger partial charge in [0.1, 0.15) is 5.75 Å². The van der Waals surface area contributed by atoms with E-state index in [2.05, 4.69) is 5.32 Å². The van der Waals surface area contributed by atoms with Gasteiger partial charge >= 0.3 is 0 Å². The first-order valence-corrected chi connectivity index (χ1v) is 5.20. The van der Waals surface area contributed by atoms with Gasteiger partial charge < -0.3 is 15.2 Å². The molecule has 0 aliphatic carbocycles. The fraction of sp³-hybridized carbons (Fsp3) is 0.455. The third kappa shape index (κ3) is 3.38. The van der Waals surface area contributed by atoms with Gasteiger partial charge in [0.2, 0.25) is 0 Å². The van der Waals surface area contributed by atoms with Gasteiger partial charge in [-0.1, -0.05) is 11.6 Å². The van der Waals surface area contributed by atoms with Crippen molar-refractivity contribution >= 4 is 11.6 Å². The number of phenols is 1. The van der Waals surface area contributed by atoms with Crippen molar-refractivity contribution in [3.8, 4) is 5.75 Å². The van der Waals surface area contributed by atoms with Crippen LogP contribution in [0, 0.1) is 0 Å². The molecule has 15 heavy (non-hydrogen) atoms. The summed E-state index contributed by atoms with van der Waals surface area (Å²) in [6.45, 7) is 1.31. The minimum Gasteiger partial charge on any atom is -0.506 e. The van der Waals surface area contributed by atoms with Gasteiger partial charge in [-0.2, -0.15) is 0 Å². The van der Waals surface area contributed by atoms with E-state index >= 15 is 0 Å². The summed E-state index contributed by atoms with van der Waals surface area (Å²) in [6, 6.07) is 3.64. The van der Waals surface area contributed by atoms with Crippen LogP contribution in [0.5, 0.6) is 5.75 Å². The van der Waals surface area contributed by atoms with Crippen molar-refractivity contribution < 1.29 is 9.84 Å². The molecule has 1 aromatic carbocycles. The normalized spacial score (nSPS) is 10.6. The number of halogens is 1. The highest BCUT2D eigenvalue weighted by molar-refractivity contribution is 6.32. The van der Waals surface area contributed by atoms with E-state index in [4.69, 9.17) is 16.3 Å². The number of hydrogen-bond acceptors (Lipinski definition) is 3. The highest BCUT2D eigenvalue weighted by atomic mass is 35.5. The van der Waals surface area contributed by atoms with Crippen molar-refractivity contribution in [2.24, 2.45) is 0 Å². The van der Waals surface area contributed by atoms with Crippen molar-refractivity contribution in [1.29, 1.82) is 0 Å². The summed E-state index contributed by atoms with van der Waals surface area (Å²) < 4.78 is 5.03. The molecule has 2 N–H and O–H groups in total. The molecule has 0 aromatic heterocycles. The second-order valence-corrected chi connectivity index (χ2v) is 3.78. The highest BCUT2D eigenvalue weighted by Crippen LogP contribution is 2.29. The first-order valence-electron chi connectivity index (χ1n) is 4.82. The number of ether oxygens (including phenoxy) is 1. The Balaban J connectivity index is 2.91. The molecule has 0 bridgehead atoms. The van der Waals surface area contributed by atoms with Crippen LogP contribution in [0.2, 0.25) is 5.02 Å². The SMILES string of the molecule is CNCCc1cc(COC)cc(Cl)c1O. The van der Waals surface area contributed by atoms with Crippen LogP contribution in [0.3, 0.4) is 0 Å². The predicted octanol–water partition coefficient (Wildman–Crippen LogP) is 1.95. The smallest absolute Gasteiger partial charge is 0.137 e.